The van der Waals surface area contributed by atoms with Crippen molar-refractivity contribution in [3.05, 3.63) is 96.4 Å². The first-order chi connectivity index (χ1) is 19.9. The van der Waals surface area contributed by atoms with Gasteiger partial charge in [0.2, 0.25) is 12.7 Å². The van der Waals surface area contributed by atoms with Gasteiger partial charge in [-0.25, -0.2) is 9.97 Å². The third kappa shape index (κ3) is 4.80. The molecule has 12 heteroatoms. The van der Waals surface area contributed by atoms with Gasteiger partial charge in [0, 0.05) is 23.3 Å². The number of nitrogens with one attached hydrogen (secondary N) is 2. The van der Waals surface area contributed by atoms with Gasteiger partial charge in [-0.2, -0.15) is 23.1 Å². The predicted octanol–water partition coefficient (Wildman–Crippen LogP) is 6.66. The second-order valence-corrected chi connectivity index (χ2v) is 9.33. The Morgan fingerprint density at radius 3 is 2.51 bits per heavy atom. The van der Waals surface area contributed by atoms with E-state index in [2.05, 4.69) is 20.6 Å². The summed E-state index contributed by atoms with van der Waals surface area (Å²) in [5.41, 5.74) is 1.60. The van der Waals surface area contributed by atoms with E-state index in [1.54, 1.807) is 29.2 Å². The molecule has 0 aliphatic carbocycles. The van der Waals surface area contributed by atoms with Crippen molar-refractivity contribution in [2.45, 2.75) is 12.7 Å². The van der Waals surface area contributed by atoms with Crippen LogP contribution >= 0.6 is 0 Å². The average Bonchev–Trinajstić information content (AvgIpc) is 3.60. The number of anilines is 4. The van der Waals surface area contributed by atoms with Crippen LogP contribution in [0.4, 0.5) is 36.4 Å². The number of rotatable bonds is 6. The zero-order valence-corrected chi connectivity index (χ0v) is 21.2. The number of nitrogens with zero attached hydrogens (tertiary/aromatic N) is 5. The monoisotopic (exact) mass is 555 g/mol. The molecule has 3 aromatic heterocycles. The molecule has 1 aliphatic rings. The van der Waals surface area contributed by atoms with Crippen LogP contribution in [-0.2, 0) is 12.7 Å². The SMILES string of the molecule is FC(F)(F)c1ccc(Cn2cnc3c(Nc4ccc5c(c4)OCO5)nc(Nc4nccc5ccccc45)nc32)cc1. The highest BCUT2D eigenvalue weighted by Crippen LogP contribution is 2.36. The van der Waals surface area contributed by atoms with Crippen molar-refractivity contribution in [3.63, 3.8) is 0 Å². The van der Waals surface area contributed by atoms with E-state index in [0.29, 0.717) is 45.5 Å². The van der Waals surface area contributed by atoms with E-state index in [4.69, 9.17) is 19.4 Å². The normalized spacial score (nSPS) is 12.7. The standard InChI is InChI=1S/C29H20F3N7O2/c30-29(31,32)19-7-5-17(6-8-19)14-39-15-34-24-26(35-20-9-10-22-23(13-20)41-16-40-22)37-28(38-27(24)39)36-25-21-4-2-1-3-18(21)11-12-33-25/h1-13,15H,14,16H2,(H2,33,35,36,37,38). The zero-order chi connectivity index (χ0) is 28.0. The molecule has 0 fully saturated rings. The number of benzene rings is 3. The van der Waals surface area contributed by atoms with Crippen LogP contribution < -0.4 is 20.1 Å². The molecule has 0 amide bonds. The second kappa shape index (κ2) is 9.66. The average molecular weight is 556 g/mol. The Balaban J connectivity index is 1.29. The van der Waals surface area contributed by atoms with Crippen LogP contribution in [0.1, 0.15) is 11.1 Å². The van der Waals surface area contributed by atoms with Crippen LogP contribution in [0.5, 0.6) is 11.5 Å². The number of alkyl halides is 3. The molecule has 0 saturated heterocycles. The Morgan fingerprint density at radius 2 is 1.66 bits per heavy atom. The summed E-state index contributed by atoms with van der Waals surface area (Å²) in [6.45, 7) is 0.401. The molecule has 0 spiro atoms. The quantitative estimate of drug-likeness (QED) is 0.236. The van der Waals surface area contributed by atoms with Gasteiger partial charge in [-0.3, -0.25) is 0 Å². The van der Waals surface area contributed by atoms with E-state index in [-0.39, 0.29) is 19.3 Å². The molecule has 41 heavy (non-hydrogen) atoms. The fraction of sp³-hybridized carbons (Fsp3) is 0.103. The highest BCUT2D eigenvalue weighted by atomic mass is 19.4. The molecule has 3 aromatic carbocycles. The minimum Gasteiger partial charge on any atom is -0.454 e. The Hall–Kier alpha value is -5.39. The molecule has 9 nitrogen and oxygen atoms in total. The minimum atomic E-state index is -4.40. The fourth-order valence-corrected chi connectivity index (χ4v) is 4.64. The molecule has 0 atom stereocenters. The molecule has 2 N–H and O–H groups in total. The van der Waals surface area contributed by atoms with Gasteiger partial charge in [-0.05, 0) is 41.3 Å². The summed E-state index contributed by atoms with van der Waals surface area (Å²) >= 11 is 0. The third-order valence-electron chi connectivity index (χ3n) is 6.64. The maximum atomic E-state index is 13.1. The lowest BCUT2D eigenvalue weighted by molar-refractivity contribution is -0.137. The summed E-state index contributed by atoms with van der Waals surface area (Å²) in [6.07, 6.45) is -1.12. The number of pyridine rings is 1. The summed E-state index contributed by atoms with van der Waals surface area (Å²) < 4.78 is 51.8. The third-order valence-corrected chi connectivity index (χ3v) is 6.64. The molecule has 1 aliphatic heterocycles. The number of halogens is 3. The first kappa shape index (κ1) is 24.6. The van der Waals surface area contributed by atoms with Crippen LogP contribution in [0.25, 0.3) is 21.9 Å². The number of fused-ring (bicyclic) bond motifs is 3. The van der Waals surface area contributed by atoms with E-state index in [0.717, 1.165) is 22.9 Å². The van der Waals surface area contributed by atoms with Gasteiger partial charge in [0.1, 0.15) is 5.82 Å². The van der Waals surface area contributed by atoms with Crippen molar-refractivity contribution >= 4 is 45.2 Å². The Labute approximate surface area is 230 Å². The highest BCUT2D eigenvalue weighted by Gasteiger charge is 2.30. The summed E-state index contributed by atoms with van der Waals surface area (Å²) in [5.74, 6) is 2.51. The highest BCUT2D eigenvalue weighted by molar-refractivity contribution is 5.93. The Bertz CT molecular complexity index is 1900. The molecular formula is C29H20F3N7O2. The first-order valence-corrected chi connectivity index (χ1v) is 12.6. The largest absolute Gasteiger partial charge is 0.454 e. The summed E-state index contributed by atoms with van der Waals surface area (Å²) in [7, 11) is 0. The van der Waals surface area contributed by atoms with Gasteiger partial charge < -0.3 is 24.7 Å². The van der Waals surface area contributed by atoms with Crippen LogP contribution in [0, 0.1) is 0 Å². The van der Waals surface area contributed by atoms with Crippen LogP contribution in [-0.4, -0.2) is 31.3 Å². The van der Waals surface area contributed by atoms with Crippen LogP contribution in [0.15, 0.2) is 85.3 Å². The molecule has 204 valence electrons. The van der Waals surface area contributed by atoms with Gasteiger partial charge in [-0.1, -0.05) is 36.4 Å². The topological polar surface area (TPSA) is 99.0 Å². The Morgan fingerprint density at radius 1 is 0.829 bits per heavy atom. The fourth-order valence-electron chi connectivity index (χ4n) is 4.64. The number of aromatic nitrogens is 5. The molecule has 0 radical (unpaired) electrons. The predicted molar refractivity (Wildman–Crippen MR) is 147 cm³/mol. The van der Waals surface area contributed by atoms with E-state index in [1.807, 2.05) is 36.4 Å². The summed E-state index contributed by atoms with van der Waals surface area (Å²) in [6, 6.07) is 20.2. The van der Waals surface area contributed by atoms with Crippen molar-refractivity contribution in [2.75, 3.05) is 17.4 Å². The van der Waals surface area contributed by atoms with Crippen molar-refractivity contribution in [1.29, 1.82) is 0 Å². The molecule has 0 bridgehead atoms. The molecule has 6 aromatic rings. The smallest absolute Gasteiger partial charge is 0.416 e. The number of hydrogen-bond acceptors (Lipinski definition) is 8. The van der Waals surface area contributed by atoms with Crippen molar-refractivity contribution in [1.82, 2.24) is 24.5 Å². The Kier molecular flexibility index (Phi) is 5.81. The van der Waals surface area contributed by atoms with Crippen molar-refractivity contribution in [3.8, 4) is 11.5 Å². The summed E-state index contributed by atoms with van der Waals surface area (Å²) in [5, 5.41) is 8.41. The van der Waals surface area contributed by atoms with Crippen molar-refractivity contribution < 1.29 is 22.6 Å². The zero-order valence-electron chi connectivity index (χ0n) is 21.2. The first-order valence-electron chi connectivity index (χ1n) is 12.6. The number of hydrogen-bond donors (Lipinski definition) is 2. The van der Waals surface area contributed by atoms with Gasteiger partial charge in [-0.15, -0.1) is 0 Å². The lowest BCUT2D eigenvalue weighted by atomic mass is 10.1. The second-order valence-electron chi connectivity index (χ2n) is 9.33. The maximum Gasteiger partial charge on any atom is 0.416 e. The molecule has 4 heterocycles. The van der Waals surface area contributed by atoms with E-state index >= 15 is 0 Å². The maximum absolute atomic E-state index is 13.1. The number of imidazole rings is 1. The van der Waals surface area contributed by atoms with E-state index < -0.39 is 11.7 Å². The summed E-state index contributed by atoms with van der Waals surface area (Å²) in [4.78, 5) is 18.4. The molecule has 7 rings (SSSR count). The van der Waals surface area contributed by atoms with Crippen molar-refractivity contribution in [2.24, 2.45) is 0 Å². The van der Waals surface area contributed by atoms with Crippen LogP contribution in [0.3, 0.4) is 0 Å². The lowest BCUT2D eigenvalue weighted by Gasteiger charge is -2.12. The number of ether oxygens (including phenoxy) is 2. The minimum absolute atomic E-state index is 0.150. The van der Waals surface area contributed by atoms with Gasteiger partial charge in [0.25, 0.3) is 0 Å². The molecule has 0 saturated carbocycles. The van der Waals surface area contributed by atoms with Gasteiger partial charge in [0.15, 0.2) is 28.5 Å². The van der Waals surface area contributed by atoms with Gasteiger partial charge in [0.05, 0.1) is 18.4 Å². The van der Waals surface area contributed by atoms with Crippen LogP contribution in [0.2, 0.25) is 0 Å². The molecule has 0 unspecified atom stereocenters. The van der Waals surface area contributed by atoms with E-state index in [9.17, 15) is 13.2 Å². The molecular weight excluding hydrogens is 535 g/mol. The van der Waals surface area contributed by atoms with Gasteiger partial charge >= 0.3 is 6.18 Å². The van der Waals surface area contributed by atoms with E-state index in [1.165, 1.54) is 12.1 Å². The lowest BCUT2D eigenvalue weighted by Crippen LogP contribution is -2.07.